The molecule has 0 amide bonds. The number of hydrogen-bond donors (Lipinski definition) is 2. The molecule has 0 saturated carbocycles. The summed E-state index contributed by atoms with van der Waals surface area (Å²) in [5.74, 6) is -0.387. The summed E-state index contributed by atoms with van der Waals surface area (Å²) in [6.45, 7) is 18.5. The summed E-state index contributed by atoms with van der Waals surface area (Å²) in [4.78, 5) is 10.3. The predicted molar refractivity (Wildman–Crippen MR) is 120 cm³/mol. The average Bonchev–Trinajstić information content (AvgIpc) is 2.47. The van der Waals surface area contributed by atoms with Crippen LogP contribution in [-0.2, 0) is 14.9 Å². The van der Waals surface area contributed by atoms with Gasteiger partial charge in [-0.3, -0.25) is 4.55 Å². The van der Waals surface area contributed by atoms with Gasteiger partial charge in [-0.2, -0.15) is 8.42 Å². The second-order valence-electron chi connectivity index (χ2n) is 9.79. The second-order valence-corrected chi connectivity index (χ2v) is 17.0. The standard InChI is InChI=1S/C21H42O5SSi/c1-9-13-21(7,8)28(14-16(2)3,15-17(4)5)19(27(24,25)26)12-10-11-18(6)20(22)23/h16-17,19H,6,9-15H2,1-5,7-8H3,(H,22,23)(H,24,25,26). The van der Waals surface area contributed by atoms with E-state index in [-0.39, 0.29) is 17.0 Å². The molecule has 0 aliphatic heterocycles. The first kappa shape index (κ1) is 27.3. The van der Waals surface area contributed by atoms with Gasteiger partial charge in [-0.25, -0.2) is 4.79 Å². The molecule has 2 N–H and O–H groups in total. The van der Waals surface area contributed by atoms with Crippen LogP contribution in [0.15, 0.2) is 12.2 Å². The molecule has 7 heteroatoms. The fraction of sp³-hybridized carbons (Fsp3) is 0.857. The van der Waals surface area contributed by atoms with Crippen LogP contribution in [0.2, 0.25) is 17.1 Å². The van der Waals surface area contributed by atoms with E-state index in [0.29, 0.717) is 24.7 Å². The van der Waals surface area contributed by atoms with Gasteiger partial charge in [0, 0.05) is 5.57 Å². The van der Waals surface area contributed by atoms with Crippen molar-refractivity contribution < 1.29 is 22.9 Å². The Kier molecular flexibility index (Phi) is 10.7. The molecule has 0 heterocycles. The van der Waals surface area contributed by atoms with Gasteiger partial charge in [-0.15, -0.1) is 0 Å². The first-order valence-corrected chi connectivity index (χ1v) is 14.5. The van der Waals surface area contributed by atoms with Crippen LogP contribution in [0.5, 0.6) is 0 Å². The van der Waals surface area contributed by atoms with Gasteiger partial charge >= 0.3 is 5.97 Å². The van der Waals surface area contributed by atoms with Crippen LogP contribution >= 0.6 is 0 Å². The van der Waals surface area contributed by atoms with E-state index in [1.165, 1.54) is 0 Å². The van der Waals surface area contributed by atoms with Crippen molar-refractivity contribution in [2.75, 3.05) is 0 Å². The van der Waals surface area contributed by atoms with Crippen LogP contribution in [0.4, 0.5) is 0 Å². The predicted octanol–water partition coefficient (Wildman–Crippen LogP) is 5.93. The summed E-state index contributed by atoms with van der Waals surface area (Å²) < 4.78 is 35.6. The molecule has 0 bridgehead atoms. The van der Waals surface area contributed by atoms with Gasteiger partial charge in [-0.05, 0) is 36.1 Å². The normalized spacial score (nSPS) is 14.5. The van der Waals surface area contributed by atoms with Crippen LogP contribution in [0, 0.1) is 11.8 Å². The number of carboxylic acids is 1. The lowest BCUT2D eigenvalue weighted by Crippen LogP contribution is -2.59. The molecular weight excluding hydrogens is 392 g/mol. The van der Waals surface area contributed by atoms with Gasteiger partial charge in [0.05, 0.1) is 12.9 Å². The van der Waals surface area contributed by atoms with Crippen molar-refractivity contribution in [3.05, 3.63) is 12.2 Å². The summed E-state index contributed by atoms with van der Waals surface area (Å²) in [5.41, 5.74) is 0.0851. The molecule has 166 valence electrons. The Morgan fingerprint density at radius 2 is 1.57 bits per heavy atom. The van der Waals surface area contributed by atoms with E-state index in [1.807, 2.05) is 0 Å². The lowest BCUT2D eigenvalue weighted by atomic mass is 10.1. The van der Waals surface area contributed by atoms with E-state index in [1.54, 1.807) is 0 Å². The monoisotopic (exact) mass is 434 g/mol. The van der Waals surface area contributed by atoms with Crippen molar-refractivity contribution >= 4 is 24.2 Å². The summed E-state index contributed by atoms with van der Waals surface area (Å²) in [6.07, 6.45) is 2.83. The topological polar surface area (TPSA) is 91.7 Å². The first-order valence-electron chi connectivity index (χ1n) is 10.5. The Balaban J connectivity index is 6.27. The Morgan fingerprint density at radius 3 is 1.89 bits per heavy atom. The molecule has 0 aliphatic carbocycles. The maximum absolute atomic E-state index is 12.7. The highest BCUT2D eigenvalue weighted by molar-refractivity contribution is 7.88. The van der Waals surface area contributed by atoms with Crippen LogP contribution < -0.4 is 0 Å². The van der Waals surface area contributed by atoms with Gasteiger partial charge in [-0.1, -0.05) is 80.0 Å². The van der Waals surface area contributed by atoms with E-state index in [4.69, 9.17) is 5.11 Å². The minimum absolute atomic E-state index is 0.0851. The number of aliphatic carboxylic acids is 1. The van der Waals surface area contributed by atoms with Crippen molar-refractivity contribution in [2.45, 2.75) is 103 Å². The van der Waals surface area contributed by atoms with Crippen LogP contribution in [0.1, 0.15) is 80.6 Å². The highest BCUT2D eigenvalue weighted by Gasteiger charge is 2.55. The summed E-state index contributed by atoms with van der Waals surface area (Å²) in [7, 11) is -6.80. The zero-order chi connectivity index (χ0) is 22.3. The Morgan fingerprint density at radius 1 is 1.11 bits per heavy atom. The molecule has 0 spiro atoms. The number of rotatable bonds is 14. The maximum Gasteiger partial charge on any atom is 0.330 e. The van der Waals surface area contributed by atoms with Crippen molar-refractivity contribution in [3.63, 3.8) is 0 Å². The summed E-state index contributed by atoms with van der Waals surface area (Å²) in [6, 6.07) is 1.67. The molecule has 0 radical (unpaired) electrons. The minimum Gasteiger partial charge on any atom is -0.478 e. The van der Waals surface area contributed by atoms with Crippen molar-refractivity contribution in [1.29, 1.82) is 0 Å². The van der Waals surface area contributed by atoms with Crippen LogP contribution in [0.3, 0.4) is 0 Å². The van der Waals surface area contributed by atoms with Gasteiger partial charge in [0.1, 0.15) is 0 Å². The summed E-state index contributed by atoms with van der Waals surface area (Å²) in [5, 5.41) is 8.89. The van der Waals surface area contributed by atoms with E-state index >= 15 is 0 Å². The Hall–Kier alpha value is -0.663. The highest BCUT2D eigenvalue weighted by Crippen LogP contribution is 2.52. The molecule has 0 saturated heterocycles. The molecule has 0 rings (SSSR count). The summed E-state index contributed by atoms with van der Waals surface area (Å²) >= 11 is 0. The minimum atomic E-state index is -4.25. The van der Waals surface area contributed by atoms with E-state index in [9.17, 15) is 17.8 Å². The first-order chi connectivity index (χ1) is 12.6. The quantitative estimate of drug-likeness (QED) is 0.201. The zero-order valence-corrected chi connectivity index (χ0v) is 20.7. The smallest absolute Gasteiger partial charge is 0.330 e. The molecule has 0 fully saturated rings. The Labute approximate surface area is 173 Å². The lowest BCUT2D eigenvalue weighted by Gasteiger charge is -2.51. The highest BCUT2D eigenvalue weighted by atomic mass is 32.2. The fourth-order valence-electron chi connectivity index (χ4n) is 4.98. The third kappa shape index (κ3) is 7.63. The fourth-order valence-corrected chi connectivity index (χ4v) is 16.4. The molecule has 0 aromatic carbocycles. The van der Waals surface area contributed by atoms with Crippen molar-refractivity contribution in [2.24, 2.45) is 11.8 Å². The lowest BCUT2D eigenvalue weighted by molar-refractivity contribution is -0.132. The van der Waals surface area contributed by atoms with E-state index in [0.717, 1.165) is 24.9 Å². The molecule has 0 aromatic rings. The molecule has 5 nitrogen and oxygen atoms in total. The molecule has 0 aromatic heterocycles. The van der Waals surface area contributed by atoms with E-state index in [2.05, 4.69) is 55.0 Å². The number of carbonyl (C=O) groups is 1. The Bertz CT molecular complexity index is 613. The van der Waals surface area contributed by atoms with Crippen molar-refractivity contribution in [1.82, 2.24) is 0 Å². The molecule has 1 unspecified atom stereocenters. The van der Waals surface area contributed by atoms with Gasteiger partial charge in [0.2, 0.25) is 0 Å². The molecule has 28 heavy (non-hydrogen) atoms. The number of carboxylic acid groups (broad SMARTS) is 1. The largest absolute Gasteiger partial charge is 0.478 e. The van der Waals surface area contributed by atoms with E-state index < -0.39 is 29.0 Å². The van der Waals surface area contributed by atoms with Gasteiger partial charge < -0.3 is 5.11 Å². The maximum atomic E-state index is 12.7. The molecule has 0 aliphatic rings. The SMILES string of the molecule is C=C(CCCC([Si](CC(C)C)(CC(C)C)C(C)(C)CCC)S(=O)(=O)O)C(=O)O. The average molecular weight is 435 g/mol. The van der Waals surface area contributed by atoms with Gasteiger partial charge in [0.25, 0.3) is 10.1 Å². The van der Waals surface area contributed by atoms with Gasteiger partial charge in [0.15, 0.2) is 0 Å². The number of hydrogen-bond acceptors (Lipinski definition) is 3. The third-order valence-corrected chi connectivity index (χ3v) is 16.7. The molecule has 1 atom stereocenters. The zero-order valence-electron chi connectivity index (χ0n) is 18.9. The van der Waals surface area contributed by atoms with Crippen LogP contribution in [-0.4, -0.2) is 37.0 Å². The third-order valence-electron chi connectivity index (χ3n) is 5.99. The molecular formula is C21H42O5SSi. The second kappa shape index (κ2) is 10.9. The van der Waals surface area contributed by atoms with Crippen molar-refractivity contribution in [3.8, 4) is 0 Å². The van der Waals surface area contributed by atoms with Crippen LogP contribution in [0.25, 0.3) is 0 Å².